The van der Waals surface area contributed by atoms with Crippen LogP contribution in [0.3, 0.4) is 0 Å². The molecule has 0 unspecified atom stereocenters. The Kier molecular flexibility index (Phi) is 5.57. The van der Waals surface area contributed by atoms with Gasteiger partial charge in [0.05, 0.1) is 13.3 Å². The molecule has 0 saturated heterocycles. The van der Waals surface area contributed by atoms with E-state index in [0.717, 1.165) is 5.56 Å². The number of rotatable bonds is 6. The Morgan fingerprint density at radius 1 is 1.30 bits per heavy atom. The molecule has 0 atom stereocenters. The lowest BCUT2D eigenvalue weighted by atomic mass is 10.1. The molecule has 0 spiro atoms. The van der Waals surface area contributed by atoms with Crippen molar-refractivity contribution in [3.05, 3.63) is 59.2 Å². The molecule has 0 aliphatic rings. The molecule has 23 heavy (non-hydrogen) atoms. The van der Waals surface area contributed by atoms with E-state index in [-0.39, 0.29) is 0 Å². The summed E-state index contributed by atoms with van der Waals surface area (Å²) < 4.78 is 11.2. The molecular formula is C17H19N3O3. The van der Waals surface area contributed by atoms with E-state index in [0.29, 0.717) is 23.7 Å². The number of aryl methyl sites for hydroxylation is 1. The lowest BCUT2D eigenvalue weighted by Crippen LogP contribution is -2.24. The molecule has 2 aromatic rings. The van der Waals surface area contributed by atoms with Crippen molar-refractivity contribution in [2.75, 3.05) is 7.11 Å². The zero-order valence-electron chi connectivity index (χ0n) is 13.1. The molecule has 0 aliphatic heterocycles. The van der Waals surface area contributed by atoms with Crippen LogP contribution in [0.4, 0.5) is 4.79 Å². The molecule has 3 N–H and O–H groups in total. The highest BCUT2D eigenvalue weighted by Crippen LogP contribution is 2.30. The second kappa shape index (κ2) is 7.84. The molecule has 0 radical (unpaired) electrons. The van der Waals surface area contributed by atoms with E-state index < -0.39 is 6.03 Å². The van der Waals surface area contributed by atoms with Gasteiger partial charge in [-0.25, -0.2) is 10.2 Å². The lowest BCUT2D eigenvalue weighted by molar-refractivity contribution is 0.249. The van der Waals surface area contributed by atoms with Gasteiger partial charge >= 0.3 is 6.03 Å². The van der Waals surface area contributed by atoms with Crippen molar-refractivity contribution in [1.82, 2.24) is 5.43 Å². The minimum Gasteiger partial charge on any atom is -0.493 e. The maximum Gasteiger partial charge on any atom is 0.332 e. The smallest absolute Gasteiger partial charge is 0.332 e. The largest absolute Gasteiger partial charge is 0.493 e. The SMILES string of the molecule is COc1cccc(/C=N/NC(N)=O)c1OCc1cccc(C)c1. The topological polar surface area (TPSA) is 85.9 Å². The van der Waals surface area contributed by atoms with Crippen LogP contribution in [-0.2, 0) is 6.61 Å². The third-order valence-corrected chi connectivity index (χ3v) is 3.07. The van der Waals surface area contributed by atoms with Crippen LogP contribution >= 0.6 is 0 Å². The quantitative estimate of drug-likeness (QED) is 0.635. The average molecular weight is 313 g/mol. The summed E-state index contributed by atoms with van der Waals surface area (Å²) in [5, 5.41) is 3.76. The van der Waals surface area contributed by atoms with Crippen molar-refractivity contribution < 1.29 is 14.3 Å². The number of nitrogens with one attached hydrogen (secondary N) is 1. The third kappa shape index (κ3) is 4.74. The van der Waals surface area contributed by atoms with Gasteiger partial charge in [-0.15, -0.1) is 0 Å². The van der Waals surface area contributed by atoms with Gasteiger partial charge in [-0.1, -0.05) is 35.9 Å². The van der Waals surface area contributed by atoms with Crippen LogP contribution in [-0.4, -0.2) is 19.4 Å². The van der Waals surface area contributed by atoms with E-state index in [1.807, 2.05) is 31.2 Å². The number of benzene rings is 2. The molecule has 0 aliphatic carbocycles. The van der Waals surface area contributed by atoms with E-state index >= 15 is 0 Å². The Bertz CT molecular complexity index is 714. The van der Waals surface area contributed by atoms with Crippen LogP contribution in [0.25, 0.3) is 0 Å². The molecule has 2 rings (SSSR count). The van der Waals surface area contributed by atoms with Crippen LogP contribution in [0.5, 0.6) is 11.5 Å². The van der Waals surface area contributed by atoms with Gasteiger partial charge in [0.1, 0.15) is 6.61 Å². The third-order valence-electron chi connectivity index (χ3n) is 3.07. The molecule has 0 bridgehead atoms. The van der Waals surface area contributed by atoms with Crippen molar-refractivity contribution in [2.24, 2.45) is 10.8 Å². The number of hydrogen-bond donors (Lipinski definition) is 2. The normalized spacial score (nSPS) is 10.5. The zero-order chi connectivity index (χ0) is 16.7. The van der Waals surface area contributed by atoms with Gasteiger partial charge in [-0.3, -0.25) is 0 Å². The van der Waals surface area contributed by atoms with Crippen molar-refractivity contribution >= 4 is 12.2 Å². The first kappa shape index (κ1) is 16.4. The minimum atomic E-state index is -0.730. The van der Waals surface area contributed by atoms with Crippen molar-refractivity contribution in [2.45, 2.75) is 13.5 Å². The summed E-state index contributed by atoms with van der Waals surface area (Å²) in [6.45, 7) is 2.42. The lowest BCUT2D eigenvalue weighted by Gasteiger charge is -2.13. The van der Waals surface area contributed by atoms with Crippen molar-refractivity contribution in [1.29, 1.82) is 0 Å². The van der Waals surface area contributed by atoms with E-state index in [9.17, 15) is 4.79 Å². The summed E-state index contributed by atoms with van der Waals surface area (Å²) in [5.41, 5.74) is 10.0. The maximum absolute atomic E-state index is 10.7. The molecular weight excluding hydrogens is 294 g/mol. The van der Waals surface area contributed by atoms with Crippen LogP contribution in [0.15, 0.2) is 47.6 Å². The van der Waals surface area contributed by atoms with Gasteiger partial charge in [-0.05, 0) is 24.6 Å². The fourth-order valence-electron chi connectivity index (χ4n) is 2.07. The molecule has 120 valence electrons. The highest BCUT2D eigenvalue weighted by molar-refractivity contribution is 5.86. The molecule has 2 aromatic carbocycles. The number of urea groups is 1. The molecule has 0 aromatic heterocycles. The van der Waals surface area contributed by atoms with E-state index in [4.69, 9.17) is 15.2 Å². The Hall–Kier alpha value is -3.02. The molecule has 0 heterocycles. The zero-order valence-corrected chi connectivity index (χ0v) is 13.1. The maximum atomic E-state index is 10.7. The van der Waals surface area contributed by atoms with Crippen LogP contribution in [0.2, 0.25) is 0 Å². The Labute approximate surface area is 134 Å². The fraction of sp³-hybridized carbons (Fsp3) is 0.176. The summed E-state index contributed by atoms with van der Waals surface area (Å²) in [6.07, 6.45) is 1.46. The Morgan fingerprint density at radius 2 is 2.09 bits per heavy atom. The van der Waals surface area contributed by atoms with E-state index in [1.54, 1.807) is 19.2 Å². The van der Waals surface area contributed by atoms with Gasteiger partial charge in [0.15, 0.2) is 11.5 Å². The average Bonchev–Trinajstić information content (AvgIpc) is 2.53. The van der Waals surface area contributed by atoms with Gasteiger partial charge in [-0.2, -0.15) is 5.10 Å². The molecule has 2 amide bonds. The first-order chi connectivity index (χ1) is 11.1. The van der Waals surface area contributed by atoms with Crippen LogP contribution in [0, 0.1) is 6.92 Å². The Balaban J connectivity index is 2.21. The number of para-hydroxylation sites is 1. The minimum absolute atomic E-state index is 0.395. The number of nitrogens with two attached hydrogens (primary N) is 1. The van der Waals surface area contributed by atoms with Gasteiger partial charge < -0.3 is 15.2 Å². The summed E-state index contributed by atoms with van der Waals surface area (Å²) in [7, 11) is 1.57. The summed E-state index contributed by atoms with van der Waals surface area (Å²) in [6, 6.07) is 12.7. The predicted molar refractivity (Wildman–Crippen MR) is 88.8 cm³/mol. The second-order valence-electron chi connectivity index (χ2n) is 4.89. The first-order valence-corrected chi connectivity index (χ1v) is 7.04. The molecule has 0 fully saturated rings. The first-order valence-electron chi connectivity index (χ1n) is 7.04. The number of amides is 2. The number of methoxy groups -OCH3 is 1. The summed E-state index contributed by atoms with van der Waals surface area (Å²) in [4.78, 5) is 10.7. The van der Waals surface area contributed by atoms with Crippen LogP contribution < -0.4 is 20.6 Å². The number of carbonyl (C=O) groups excluding carboxylic acids is 1. The number of hydrazone groups is 1. The monoisotopic (exact) mass is 313 g/mol. The number of carbonyl (C=O) groups is 1. The van der Waals surface area contributed by atoms with Crippen LogP contribution in [0.1, 0.15) is 16.7 Å². The van der Waals surface area contributed by atoms with E-state index in [1.165, 1.54) is 11.8 Å². The van der Waals surface area contributed by atoms with E-state index in [2.05, 4.69) is 16.6 Å². The van der Waals surface area contributed by atoms with Crippen molar-refractivity contribution in [3.63, 3.8) is 0 Å². The fourth-order valence-corrected chi connectivity index (χ4v) is 2.07. The molecule has 6 nitrogen and oxygen atoms in total. The number of primary amides is 1. The highest BCUT2D eigenvalue weighted by Gasteiger charge is 2.09. The van der Waals surface area contributed by atoms with Gasteiger partial charge in [0.25, 0.3) is 0 Å². The second-order valence-corrected chi connectivity index (χ2v) is 4.89. The number of hydrogen-bond acceptors (Lipinski definition) is 4. The number of nitrogens with zero attached hydrogens (tertiary/aromatic N) is 1. The Morgan fingerprint density at radius 3 is 2.78 bits per heavy atom. The highest BCUT2D eigenvalue weighted by atomic mass is 16.5. The van der Waals surface area contributed by atoms with Crippen molar-refractivity contribution in [3.8, 4) is 11.5 Å². The standard InChI is InChI=1S/C17H19N3O3/c1-12-5-3-6-13(9-12)11-23-16-14(10-19-20-17(18)21)7-4-8-15(16)22-2/h3-10H,11H2,1-2H3,(H3,18,20,21)/b19-10+. The number of ether oxygens (including phenoxy) is 2. The molecule has 6 heteroatoms. The summed E-state index contributed by atoms with van der Waals surface area (Å²) in [5.74, 6) is 1.13. The predicted octanol–water partition coefficient (Wildman–Crippen LogP) is 2.58. The van der Waals surface area contributed by atoms with Gasteiger partial charge in [0.2, 0.25) is 0 Å². The summed E-state index contributed by atoms with van der Waals surface area (Å²) >= 11 is 0. The molecule has 0 saturated carbocycles. The van der Waals surface area contributed by atoms with Gasteiger partial charge in [0, 0.05) is 5.56 Å².